The third-order valence-electron chi connectivity index (χ3n) is 5.05. The number of fused-ring (bicyclic) bond motifs is 1. The number of rotatable bonds is 6. The van der Waals surface area contributed by atoms with Crippen molar-refractivity contribution in [3.8, 4) is 0 Å². The van der Waals surface area contributed by atoms with Crippen LogP contribution >= 0.6 is 0 Å². The molecule has 1 aromatic heterocycles. The fourth-order valence-corrected chi connectivity index (χ4v) is 4.63. The molecule has 9 nitrogen and oxygen atoms in total. The molecule has 3 N–H and O–H groups in total. The molecule has 1 unspecified atom stereocenters. The van der Waals surface area contributed by atoms with Crippen LogP contribution in [0.4, 0.5) is 5.69 Å². The van der Waals surface area contributed by atoms with Gasteiger partial charge in [0, 0.05) is 20.2 Å². The lowest BCUT2D eigenvalue weighted by atomic mass is 10.1. The average molecular weight is 430 g/mol. The first-order valence-corrected chi connectivity index (χ1v) is 11.0. The minimum Gasteiger partial charge on any atom is -0.376 e. The standard InChI is InChI=1S/C20H22N4O5S/c1-24(12-13-5-4-10-29-13)19(25)15-6-2-3-7-16(15)23-30(27,28)14-8-9-17-18(11-14)22-20(26)21-17/h2-3,6-9,11,13,23H,4-5,10,12H2,1H3,(H2,21,22,26). The summed E-state index contributed by atoms with van der Waals surface area (Å²) in [5.74, 6) is -0.297. The number of likely N-dealkylation sites (N-methyl/N-ethyl adjacent to an activating group) is 1. The maximum atomic E-state index is 12.9. The molecule has 1 amide bonds. The summed E-state index contributed by atoms with van der Waals surface area (Å²) in [7, 11) is -2.31. The average Bonchev–Trinajstić information content (AvgIpc) is 3.35. The summed E-state index contributed by atoms with van der Waals surface area (Å²) >= 11 is 0. The van der Waals surface area contributed by atoms with Crippen LogP contribution in [0.15, 0.2) is 52.2 Å². The number of amides is 1. The SMILES string of the molecule is CN(CC1CCCO1)C(=O)c1ccccc1NS(=O)(=O)c1ccc2[nH]c(=O)[nH]c2c1. The molecule has 30 heavy (non-hydrogen) atoms. The van der Waals surface area contributed by atoms with Crippen LogP contribution in [0.1, 0.15) is 23.2 Å². The second-order valence-corrected chi connectivity index (χ2v) is 8.94. The highest BCUT2D eigenvalue weighted by atomic mass is 32.2. The smallest absolute Gasteiger partial charge is 0.323 e. The number of nitrogens with one attached hydrogen (secondary N) is 3. The highest BCUT2D eigenvalue weighted by Crippen LogP contribution is 2.23. The largest absolute Gasteiger partial charge is 0.376 e. The van der Waals surface area contributed by atoms with Crippen LogP contribution in [0.5, 0.6) is 0 Å². The van der Waals surface area contributed by atoms with Gasteiger partial charge in [0.1, 0.15) is 0 Å². The van der Waals surface area contributed by atoms with Gasteiger partial charge in [-0.2, -0.15) is 0 Å². The van der Waals surface area contributed by atoms with Gasteiger partial charge in [0.2, 0.25) is 0 Å². The van der Waals surface area contributed by atoms with Gasteiger partial charge in [0.05, 0.1) is 33.3 Å². The molecule has 1 fully saturated rings. The molecular formula is C20H22N4O5S. The number of ether oxygens (including phenoxy) is 1. The Balaban J connectivity index is 1.59. The van der Waals surface area contributed by atoms with Gasteiger partial charge in [-0.25, -0.2) is 13.2 Å². The van der Waals surface area contributed by atoms with E-state index >= 15 is 0 Å². The van der Waals surface area contributed by atoms with Crippen molar-refractivity contribution in [2.75, 3.05) is 24.9 Å². The predicted molar refractivity (Wildman–Crippen MR) is 112 cm³/mol. The summed E-state index contributed by atoms with van der Waals surface area (Å²) in [6.07, 6.45) is 1.87. The zero-order valence-corrected chi connectivity index (χ0v) is 17.2. The molecule has 1 saturated heterocycles. The molecule has 1 atom stereocenters. The van der Waals surface area contributed by atoms with Crippen LogP contribution in [0.2, 0.25) is 0 Å². The molecule has 2 heterocycles. The molecule has 158 valence electrons. The molecule has 4 rings (SSSR count). The van der Waals surface area contributed by atoms with Gasteiger partial charge < -0.3 is 19.6 Å². The number of benzene rings is 2. The molecule has 0 radical (unpaired) electrons. The molecule has 10 heteroatoms. The number of aromatic amines is 2. The summed E-state index contributed by atoms with van der Waals surface area (Å²) < 4.78 is 33.9. The molecule has 1 aliphatic heterocycles. The lowest BCUT2D eigenvalue weighted by Crippen LogP contribution is -2.34. The minimum absolute atomic E-state index is 0.00182. The topological polar surface area (TPSA) is 124 Å². The highest BCUT2D eigenvalue weighted by molar-refractivity contribution is 7.92. The Kier molecular flexibility index (Phi) is 5.35. The van der Waals surface area contributed by atoms with E-state index in [1.54, 1.807) is 36.2 Å². The number of hydrogen-bond donors (Lipinski definition) is 3. The second kappa shape index (κ2) is 7.96. The van der Waals surface area contributed by atoms with Crippen molar-refractivity contribution in [3.05, 3.63) is 58.5 Å². The maximum Gasteiger partial charge on any atom is 0.323 e. The number of H-pyrrole nitrogens is 2. The summed E-state index contributed by atoms with van der Waals surface area (Å²) in [4.78, 5) is 31.0. The van der Waals surface area contributed by atoms with E-state index < -0.39 is 15.7 Å². The van der Waals surface area contributed by atoms with Gasteiger partial charge in [-0.3, -0.25) is 9.52 Å². The number of para-hydroxylation sites is 1. The minimum atomic E-state index is -3.98. The zero-order chi connectivity index (χ0) is 21.3. The van der Waals surface area contributed by atoms with Crippen molar-refractivity contribution >= 4 is 32.7 Å². The Hall–Kier alpha value is -3.11. The lowest BCUT2D eigenvalue weighted by molar-refractivity contribution is 0.0588. The summed E-state index contributed by atoms with van der Waals surface area (Å²) in [5.41, 5.74) is 0.897. The zero-order valence-electron chi connectivity index (χ0n) is 16.3. The van der Waals surface area contributed by atoms with E-state index in [4.69, 9.17) is 4.74 Å². The molecule has 0 bridgehead atoms. The van der Waals surface area contributed by atoms with Gasteiger partial charge in [-0.1, -0.05) is 12.1 Å². The Morgan fingerprint density at radius 2 is 1.97 bits per heavy atom. The Morgan fingerprint density at radius 1 is 1.20 bits per heavy atom. The van der Waals surface area contributed by atoms with Gasteiger partial charge in [0.15, 0.2) is 0 Å². The number of anilines is 1. The first-order chi connectivity index (χ1) is 14.3. The molecule has 3 aromatic rings. The van der Waals surface area contributed by atoms with Crippen LogP contribution in [0.25, 0.3) is 11.0 Å². The number of aromatic nitrogens is 2. The van der Waals surface area contributed by atoms with E-state index in [0.717, 1.165) is 12.8 Å². The van der Waals surface area contributed by atoms with Crippen LogP contribution in [-0.4, -0.2) is 55.5 Å². The van der Waals surface area contributed by atoms with Crippen molar-refractivity contribution < 1.29 is 17.9 Å². The first-order valence-electron chi connectivity index (χ1n) is 9.54. The fourth-order valence-electron chi connectivity index (χ4n) is 3.52. The van der Waals surface area contributed by atoms with E-state index in [2.05, 4.69) is 14.7 Å². The Morgan fingerprint density at radius 3 is 2.73 bits per heavy atom. The Bertz CT molecular complexity index is 1240. The van der Waals surface area contributed by atoms with E-state index in [9.17, 15) is 18.0 Å². The summed E-state index contributed by atoms with van der Waals surface area (Å²) in [6, 6.07) is 10.7. The van der Waals surface area contributed by atoms with Crippen molar-refractivity contribution in [1.29, 1.82) is 0 Å². The van der Waals surface area contributed by atoms with E-state index in [-0.39, 0.29) is 28.2 Å². The highest BCUT2D eigenvalue weighted by Gasteiger charge is 2.24. The predicted octanol–water partition coefficient (Wildman–Crippen LogP) is 1.91. The normalized spacial score (nSPS) is 16.6. The number of sulfonamides is 1. The molecule has 0 spiro atoms. The molecule has 1 aliphatic rings. The quantitative estimate of drug-likeness (QED) is 0.551. The van der Waals surface area contributed by atoms with Crippen molar-refractivity contribution in [3.63, 3.8) is 0 Å². The number of nitrogens with zero attached hydrogens (tertiary/aromatic N) is 1. The van der Waals surface area contributed by atoms with E-state index in [1.165, 1.54) is 18.2 Å². The first kappa shape index (κ1) is 20.2. The van der Waals surface area contributed by atoms with Crippen molar-refractivity contribution in [1.82, 2.24) is 14.9 Å². The lowest BCUT2D eigenvalue weighted by Gasteiger charge is -2.22. The van der Waals surface area contributed by atoms with E-state index in [0.29, 0.717) is 24.2 Å². The summed E-state index contributed by atoms with van der Waals surface area (Å²) in [5, 5.41) is 0. The molecular weight excluding hydrogens is 408 g/mol. The monoisotopic (exact) mass is 430 g/mol. The number of carbonyl (C=O) groups excluding carboxylic acids is 1. The third kappa shape index (κ3) is 4.10. The van der Waals surface area contributed by atoms with Crippen molar-refractivity contribution in [2.45, 2.75) is 23.8 Å². The number of hydrogen-bond acceptors (Lipinski definition) is 5. The van der Waals surface area contributed by atoms with Gasteiger partial charge in [0.25, 0.3) is 15.9 Å². The fraction of sp³-hybridized carbons (Fsp3) is 0.300. The van der Waals surface area contributed by atoms with Crippen molar-refractivity contribution in [2.24, 2.45) is 0 Å². The summed E-state index contributed by atoms with van der Waals surface area (Å²) in [6.45, 7) is 1.14. The van der Waals surface area contributed by atoms with Crippen LogP contribution in [-0.2, 0) is 14.8 Å². The van der Waals surface area contributed by atoms with E-state index in [1.807, 2.05) is 0 Å². The maximum absolute atomic E-state index is 12.9. The molecule has 0 saturated carbocycles. The second-order valence-electron chi connectivity index (χ2n) is 7.26. The van der Waals surface area contributed by atoms with Gasteiger partial charge >= 0.3 is 5.69 Å². The Labute approximate surface area is 173 Å². The van der Waals surface area contributed by atoms with Crippen LogP contribution in [0.3, 0.4) is 0 Å². The number of carbonyl (C=O) groups is 1. The van der Waals surface area contributed by atoms with Gasteiger partial charge in [-0.05, 0) is 43.2 Å². The van der Waals surface area contributed by atoms with Crippen LogP contribution in [0, 0.1) is 0 Å². The number of imidazole rings is 1. The molecule has 0 aliphatic carbocycles. The van der Waals surface area contributed by atoms with Crippen LogP contribution < -0.4 is 10.4 Å². The third-order valence-corrected chi connectivity index (χ3v) is 6.41. The van der Waals surface area contributed by atoms with Gasteiger partial charge in [-0.15, -0.1) is 0 Å². The molecule has 2 aromatic carbocycles.